The first-order chi connectivity index (χ1) is 9.54. The zero-order valence-corrected chi connectivity index (χ0v) is 12.4. The summed E-state index contributed by atoms with van der Waals surface area (Å²) in [5.41, 5.74) is 0. The van der Waals surface area contributed by atoms with Gasteiger partial charge in [-0.25, -0.2) is 0 Å². The zero-order chi connectivity index (χ0) is 14.5. The van der Waals surface area contributed by atoms with Gasteiger partial charge in [0.1, 0.15) is 0 Å². The molecule has 1 aliphatic heterocycles. The summed E-state index contributed by atoms with van der Waals surface area (Å²) in [6.45, 7) is 3.35. The molecule has 1 aromatic rings. The van der Waals surface area contributed by atoms with Crippen LogP contribution in [0.15, 0.2) is 18.2 Å². The minimum absolute atomic E-state index is 0.0184. The van der Waals surface area contributed by atoms with Crippen molar-refractivity contribution in [2.75, 3.05) is 13.1 Å². The van der Waals surface area contributed by atoms with Crippen LogP contribution in [-0.4, -0.2) is 35.0 Å². The smallest absolute Gasteiger partial charge is 0.303 e. The maximum atomic E-state index is 12.0. The lowest BCUT2D eigenvalue weighted by Crippen LogP contribution is -2.37. The lowest BCUT2D eigenvalue weighted by molar-refractivity contribution is -0.138. The van der Waals surface area contributed by atoms with Crippen LogP contribution in [-0.2, 0) is 9.59 Å². The molecule has 1 aromatic heterocycles. The molecule has 0 unspecified atom stereocenters. The van der Waals surface area contributed by atoms with Gasteiger partial charge in [-0.3, -0.25) is 9.59 Å². The van der Waals surface area contributed by atoms with Crippen molar-refractivity contribution in [1.82, 2.24) is 4.90 Å². The molecule has 4 nitrogen and oxygen atoms in total. The SMILES string of the molecule is Cc1ccc(C=CC(=O)N2CCC(CC(=O)O)CC2)s1. The molecule has 1 N–H and O–H groups in total. The van der Waals surface area contributed by atoms with Crippen LogP contribution < -0.4 is 0 Å². The van der Waals surface area contributed by atoms with Crippen LogP contribution in [0.5, 0.6) is 0 Å². The average Bonchev–Trinajstić information content (AvgIpc) is 2.82. The molecule has 0 radical (unpaired) electrons. The third kappa shape index (κ3) is 4.20. The summed E-state index contributed by atoms with van der Waals surface area (Å²) in [4.78, 5) is 26.8. The number of hydrogen-bond acceptors (Lipinski definition) is 3. The lowest BCUT2D eigenvalue weighted by Gasteiger charge is -2.30. The van der Waals surface area contributed by atoms with Crippen LogP contribution in [0.2, 0.25) is 0 Å². The Morgan fingerprint density at radius 3 is 2.65 bits per heavy atom. The van der Waals surface area contributed by atoms with Crippen LogP contribution in [0.25, 0.3) is 6.08 Å². The fraction of sp³-hybridized carbons (Fsp3) is 0.467. The Morgan fingerprint density at radius 1 is 1.40 bits per heavy atom. The molecular formula is C15H19NO3S. The van der Waals surface area contributed by atoms with E-state index in [4.69, 9.17) is 5.11 Å². The van der Waals surface area contributed by atoms with Crippen molar-refractivity contribution >= 4 is 29.3 Å². The molecule has 0 aliphatic carbocycles. The predicted molar refractivity (Wildman–Crippen MR) is 79.6 cm³/mol. The molecule has 20 heavy (non-hydrogen) atoms. The van der Waals surface area contributed by atoms with E-state index in [9.17, 15) is 9.59 Å². The Balaban J connectivity index is 1.82. The molecule has 0 aromatic carbocycles. The van der Waals surface area contributed by atoms with Crippen molar-refractivity contribution in [2.24, 2.45) is 5.92 Å². The topological polar surface area (TPSA) is 57.6 Å². The maximum Gasteiger partial charge on any atom is 0.303 e. The zero-order valence-electron chi connectivity index (χ0n) is 11.5. The van der Waals surface area contributed by atoms with Gasteiger partial charge < -0.3 is 10.0 Å². The Bertz CT molecular complexity index is 513. The van der Waals surface area contributed by atoms with E-state index >= 15 is 0 Å². The van der Waals surface area contributed by atoms with Gasteiger partial charge in [-0.05, 0) is 43.9 Å². The number of carbonyl (C=O) groups excluding carboxylic acids is 1. The second-order valence-corrected chi connectivity index (χ2v) is 6.47. The molecule has 5 heteroatoms. The summed E-state index contributed by atoms with van der Waals surface area (Å²) in [6, 6.07) is 4.04. The Kier molecular flexibility index (Phi) is 4.95. The Hall–Kier alpha value is -1.62. The van der Waals surface area contributed by atoms with E-state index in [0.29, 0.717) is 13.1 Å². The Morgan fingerprint density at radius 2 is 2.10 bits per heavy atom. The summed E-state index contributed by atoms with van der Waals surface area (Å²) in [7, 11) is 0. The van der Waals surface area contributed by atoms with Crippen molar-refractivity contribution in [1.29, 1.82) is 0 Å². The lowest BCUT2D eigenvalue weighted by atomic mass is 9.93. The van der Waals surface area contributed by atoms with E-state index in [1.807, 2.05) is 25.1 Å². The normalized spacial score (nSPS) is 16.8. The van der Waals surface area contributed by atoms with Crippen molar-refractivity contribution < 1.29 is 14.7 Å². The summed E-state index contributed by atoms with van der Waals surface area (Å²) in [5, 5.41) is 8.76. The molecule has 2 heterocycles. The molecule has 1 amide bonds. The monoisotopic (exact) mass is 293 g/mol. The third-order valence-electron chi connectivity index (χ3n) is 3.54. The standard InChI is InChI=1S/C15H19NO3S/c1-11-2-3-13(20-11)4-5-14(17)16-8-6-12(7-9-16)10-15(18)19/h2-5,12H,6-10H2,1H3,(H,18,19). The number of aliphatic carboxylic acids is 1. The van der Waals surface area contributed by atoms with Gasteiger partial charge in [-0.15, -0.1) is 11.3 Å². The second-order valence-electron chi connectivity index (χ2n) is 5.15. The third-order valence-corrected chi connectivity index (χ3v) is 4.51. The highest BCUT2D eigenvalue weighted by atomic mass is 32.1. The molecule has 1 aliphatic rings. The van der Waals surface area contributed by atoms with Gasteiger partial charge in [0.25, 0.3) is 0 Å². The van der Waals surface area contributed by atoms with E-state index < -0.39 is 5.97 Å². The highest BCUT2D eigenvalue weighted by Crippen LogP contribution is 2.21. The van der Waals surface area contributed by atoms with Crippen LogP contribution in [0, 0.1) is 12.8 Å². The number of rotatable bonds is 4. The highest BCUT2D eigenvalue weighted by Gasteiger charge is 2.23. The number of likely N-dealkylation sites (tertiary alicyclic amines) is 1. The number of thiophene rings is 1. The minimum Gasteiger partial charge on any atom is -0.481 e. The van der Waals surface area contributed by atoms with Crippen LogP contribution in [0.3, 0.4) is 0 Å². The van der Waals surface area contributed by atoms with Crippen molar-refractivity contribution in [3.05, 3.63) is 28.0 Å². The number of nitrogens with zero attached hydrogens (tertiary/aromatic N) is 1. The fourth-order valence-electron chi connectivity index (χ4n) is 2.41. The number of amides is 1. The first-order valence-electron chi connectivity index (χ1n) is 6.80. The van der Waals surface area contributed by atoms with Gasteiger partial charge in [-0.1, -0.05) is 0 Å². The first kappa shape index (κ1) is 14.8. The van der Waals surface area contributed by atoms with Gasteiger partial charge in [0.2, 0.25) is 5.91 Å². The quantitative estimate of drug-likeness (QED) is 0.868. The maximum absolute atomic E-state index is 12.0. The van der Waals surface area contributed by atoms with E-state index in [0.717, 1.165) is 17.7 Å². The van der Waals surface area contributed by atoms with Gasteiger partial charge in [-0.2, -0.15) is 0 Å². The van der Waals surface area contributed by atoms with Gasteiger partial charge in [0, 0.05) is 35.3 Å². The summed E-state index contributed by atoms with van der Waals surface area (Å²) in [5.74, 6) is -0.520. The number of piperidine rings is 1. The number of carbonyl (C=O) groups is 2. The van der Waals surface area contributed by atoms with Crippen LogP contribution in [0.1, 0.15) is 29.0 Å². The Labute approximate surface area is 122 Å². The van der Waals surface area contributed by atoms with Crippen LogP contribution in [0.4, 0.5) is 0 Å². The molecule has 108 valence electrons. The van der Waals surface area contributed by atoms with Crippen molar-refractivity contribution in [2.45, 2.75) is 26.2 Å². The van der Waals surface area contributed by atoms with E-state index in [-0.39, 0.29) is 18.2 Å². The molecule has 0 bridgehead atoms. The molecule has 1 saturated heterocycles. The van der Waals surface area contributed by atoms with E-state index in [2.05, 4.69) is 0 Å². The number of aryl methyl sites for hydroxylation is 1. The molecule has 0 atom stereocenters. The van der Waals surface area contributed by atoms with E-state index in [1.54, 1.807) is 22.3 Å². The largest absolute Gasteiger partial charge is 0.481 e. The minimum atomic E-state index is -0.747. The predicted octanol–water partition coefficient (Wildman–Crippen LogP) is 2.78. The molecular weight excluding hydrogens is 274 g/mol. The van der Waals surface area contributed by atoms with Gasteiger partial charge in [0.15, 0.2) is 0 Å². The molecule has 0 spiro atoms. The molecule has 0 saturated carbocycles. The van der Waals surface area contributed by atoms with Gasteiger partial charge in [0.05, 0.1) is 0 Å². The summed E-state index contributed by atoms with van der Waals surface area (Å²) < 4.78 is 0. The van der Waals surface area contributed by atoms with Crippen molar-refractivity contribution in [3.8, 4) is 0 Å². The molecule has 1 fully saturated rings. The fourth-order valence-corrected chi connectivity index (χ4v) is 3.19. The summed E-state index contributed by atoms with van der Waals surface area (Å²) in [6.07, 6.45) is 5.24. The first-order valence-corrected chi connectivity index (χ1v) is 7.61. The average molecular weight is 293 g/mol. The second kappa shape index (κ2) is 6.70. The number of carboxylic acids is 1. The van der Waals surface area contributed by atoms with Crippen LogP contribution >= 0.6 is 11.3 Å². The number of hydrogen-bond donors (Lipinski definition) is 1. The number of carboxylic acid groups (broad SMARTS) is 1. The van der Waals surface area contributed by atoms with Crippen molar-refractivity contribution in [3.63, 3.8) is 0 Å². The molecule has 2 rings (SSSR count). The van der Waals surface area contributed by atoms with Gasteiger partial charge >= 0.3 is 5.97 Å². The highest BCUT2D eigenvalue weighted by molar-refractivity contribution is 7.12. The summed E-state index contributed by atoms with van der Waals surface area (Å²) >= 11 is 1.66. The van der Waals surface area contributed by atoms with E-state index in [1.165, 1.54) is 4.88 Å².